The van der Waals surface area contributed by atoms with Crippen LogP contribution in [0.1, 0.15) is 13.3 Å². The van der Waals surface area contributed by atoms with Gasteiger partial charge in [-0.15, -0.1) is 10.2 Å². The van der Waals surface area contributed by atoms with Crippen LogP contribution in [0, 0.1) is 0 Å². The van der Waals surface area contributed by atoms with Crippen molar-refractivity contribution in [3.05, 3.63) is 0 Å². The van der Waals surface area contributed by atoms with Gasteiger partial charge in [0.1, 0.15) is 0 Å². The Balaban J connectivity index is 2.10. The number of rotatable bonds is 6. The highest BCUT2D eigenvalue weighted by molar-refractivity contribution is 7.99. The van der Waals surface area contributed by atoms with E-state index in [1.54, 1.807) is 0 Å². The second-order valence-electron chi connectivity index (χ2n) is 5.06. The minimum Gasteiger partial charge on any atom is -0.481 e. The number of carboxylic acid groups (broad SMARTS) is 1. The van der Waals surface area contributed by atoms with E-state index >= 15 is 0 Å². The third-order valence-electron chi connectivity index (χ3n) is 3.51. The van der Waals surface area contributed by atoms with Gasteiger partial charge in [0.05, 0.1) is 5.75 Å². The van der Waals surface area contributed by atoms with Gasteiger partial charge in [0.15, 0.2) is 5.16 Å². The van der Waals surface area contributed by atoms with Gasteiger partial charge < -0.3 is 14.9 Å². The van der Waals surface area contributed by atoms with Crippen molar-refractivity contribution in [2.75, 3.05) is 37.8 Å². The van der Waals surface area contributed by atoms with Gasteiger partial charge in [-0.25, -0.2) is 0 Å². The van der Waals surface area contributed by atoms with E-state index in [2.05, 4.69) is 34.1 Å². The second-order valence-corrected chi connectivity index (χ2v) is 6.00. The summed E-state index contributed by atoms with van der Waals surface area (Å²) in [5, 5.41) is 17.8. The molecular weight excluding hydrogens is 278 g/mol. The second kappa shape index (κ2) is 6.45. The predicted octanol–water partition coefficient (Wildman–Crippen LogP) is 0.615. The maximum Gasteiger partial charge on any atom is 0.313 e. The molecule has 7 nitrogen and oxygen atoms in total. The molecule has 0 bridgehead atoms. The average molecular weight is 299 g/mol. The molecule has 1 unspecified atom stereocenters. The molecule has 1 fully saturated rings. The van der Waals surface area contributed by atoms with Crippen molar-refractivity contribution < 1.29 is 9.90 Å². The van der Waals surface area contributed by atoms with Crippen molar-refractivity contribution >= 4 is 23.7 Å². The highest BCUT2D eigenvalue weighted by atomic mass is 32.2. The molecule has 1 N–H and O–H groups in total. The van der Waals surface area contributed by atoms with Crippen molar-refractivity contribution in [3.8, 4) is 0 Å². The first-order chi connectivity index (χ1) is 9.52. The van der Waals surface area contributed by atoms with E-state index in [1.165, 1.54) is 11.8 Å². The van der Waals surface area contributed by atoms with E-state index in [1.807, 2.05) is 11.5 Å². The molecule has 0 radical (unpaired) electrons. The highest BCUT2D eigenvalue weighted by Gasteiger charge is 2.28. The Morgan fingerprint density at radius 1 is 1.50 bits per heavy atom. The molecule has 0 amide bonds. The normalized spacial score (nSPS) is 19.0. The van der Waals surface area contributed by atoms with Crippen LogP contribution in [-0.4, -0.2) is 69.7 Å². The number of thioether (sulfide) groups is 1. The molecule has 1 aliphatic rings. The molecule has 1 aliphatic heterocycles. The molecular formula is C12H21N5O2S. The maximum absolute atomic E-state index is 10.7. The fraction of sp³-hybridized carbons (Fsp3) is 0.750. The zero-order valence-corrected chi connectivity index (χ0v) is 12.9. The van der Waals surface area contributed by atoms with Gasteiger partial charge >= 0.3 is 5.97 Å². The molecule has 0 aliphatic carbocycles. The molecule has 0 spiro atoms. The largest absolute Gasteiger partial charge is 0.481 e. The molecule has 112 valence electrons. The molecule has 20 heavy (non-hydrogen) atoms. The van der Waals surface area contributed by atoms with Crippen LogP contribution in [0.2, 0.25) is 0 Å². The lowest BCUT2D eigenvalue weighted by atomic mass is 10.2. The lowest BCUT2D eigenvalue weighted by Crippen LogP contribution is -2.32. The number of nitrogens with zero attached hydrogens (tertiary/aromatic N) is 5. The van der Waals surface area contributed by atoms with Crippen LogP contribution in [0.5, 0.6) is 0 Å². The third kappa shape index (κ3) is 3.24. The zero-order chi connectivity index (χ0) is 14.7. The Kier molecular flexibility index (Phi) is 4.87. The summed E-state index contributed by atoms with van der Waals surface area (Å²) in [4.78, 5) is 15.1. The first-order valence-corrected chi connectivity index (χ1v) is 7.70. The van der Waals surface area contributed by atoms with E-state index in [4.69, 9.17) is 5.11 Å². The number of aliphatic carboxylic acids is 1. The summed E-state index contributed by atoms with van der Waals surface area (Å²) in [5.74, 6) is 0.0270. The van der Waals surface area contributed by atoms with Crippen LogP contribution < -0.4 is 4.90 Å². The minimum absolute atomic E-state index is 0.0124. The standard InChI is InChI=1S/C12H21N5O2S/c1-4-17-11(13-14-12(17)20-8-10(18)19)16-6-5-9(7-16)15(2)3/h9H,4-8H2,1-3H3,(H,18,19). The quantitative estimate of drug-likeness (QED) is 0.772. The van der Waals surface area contributed by atoms with Crippen molar-refractivity contribution in [1.82, 2.24) is 19.7 Å². The molecule has 0 saturated carbocycles. The van der Waals surface area contributed by atoms with Crippen LogP contribution in [0.15, 0.2) is 5.16 Å². The summed E-state index contributed by atoms with van der Waals surface area (Å²) in [6, 6.07) is 0.534. The zero-order valence-electron chi connectivity index (χ0n) is 12.1. The fourth-order valence-corrected chi connectivity index (χ4v) is 3.09. The van der Waals surface area contributed by atoms with Crippen molar-refractivity contribution in [3.63, 3.8) is 0 Å². The Bertz CT molecular complexity index is 476. The van der Waals surface area contributed by atoms with E-state index in [0.29, 0.717) is 11.2 Å². The Hall–Kier alpha value is -1.28. The fourth-order valence-electron chi connectivity index (χ4n) is 2.37. The number of hydrogen-bond acceptors (Lipinski definition) is 6. The van der Waals surface area contributed by atoms with E-state index in [-0.39, 0.29) is 5.75 Å². The number of carbonyl (C=O) groups is 1. The number of hydrogen-bond donors (Lipinski definition) is 1. The maximum atomic E-state index is 10.7. The summed E-state index contributed by atoms with van der Waals surface area (Å²) in [5.41, 5.74) is 0. The summed E-state index contributed by atoms with van der Waals surface area (Å²) in [6.45, 7) is 4.67. The van der Waals surface area contributed by atoms with Gasteiger partial charge in [0.25, 0.3) is 0 Å². The number of carboxylic acids is 1. The molecule has 8 heteroatoms. The van der Waals surface area contributed by atoms with Crippen LogP contribution in [0.3, 0.4) is 0 Å². The first kappa shape index (κ1) is 15.1. The highest BCUT2D eigenvalue weighted by Crippen LogP contribution is 2.25. The summed E-state index contributed by atoms with van der Waals surface area (Å²) >= 11 is 1.22. The molecule has 1 aromatic heterocycles. The Labute approximate surface area is 123 Å². The van der Waals surface area contributed by atoms with Gasteiger partial charge in [-0.2, -0.15) is 0 Å². The van der Waals surface area contributed by atoms with Crippen molar-refractivity contribution in [2.24, 2.45) is 0 Å². The molecule has 2 heterocycles. The van der Waals surface area contributed by atoms with Gasteiger partial charge in [-0.1, -0.05) is 11.8 Å². The van der Waals surface area contributed by atoms with Crippen LogP contribution in [0.25, 0.3) is 0 Å². The summed E-state index contributed by atoms with van der Waals surface area (Å²) < 4.78 is 1.99. The lowest BCUT2D eigenvalue weighted by molar-refractivity contribution is -0.133. The van der Waals surface area contributed by atoms with Crippen molar-refractivity contribution in [2.45, 2.75) is 31.1 Å². The number of likely N-dealkylation sites (N-methyl/N-ethyl adjacent to an activating group) is 1. The number of anilines is 1. The lowest BCUT2D eigenvalue weighted by Gasteiger charge is -2.21. The smallest absolute Gasteiger partial charge is 0.313 e. The van der Waals surface area contributed by atoms with Crippen LogP contribution in [0.4, 0.5) is 5.95 Å². The van der Waals surface area contributed by atoms with E-state index in [0.717, 1.165) is 32.0 Å². The van der Waals surface area contributed by atoms with Gasteiger partial charge in [0.2, 0.25) is 5.95 Å². The van der Waals surface area contributed by atoms with Crippen LogP contribution in [-0.2, 0) is 11.3 Å². The SMILES string of the molecule is CCn1c(SCC(=O)O)nnc1N1CCC(N(C)C)C1. The van der Waals surface area contributed by atoms with E-state index in [9.17, 15) is 4.79 Å². The first-order valence-electron chi connectivity index (χ1n) is 6.72. The average Bonchev–Trinajstić information content (AvgIpc) is 3.02. The summed E-state index contributed by atoms with van der Waals surface area (Å²) in [7, 11) is 4.18. The molecule has 1 aromatic rings. The van der Waals surface area contributed by atoms with E-state index < -0.39 is 5.97 Å². The number of aromatic nitrogens is 3. The Morgan fingerprint density at radius 3 is 2.80 bits per heavy atom. The predicted molar refractivity (Wildman–Crippen MR) is 78.4 cm³/mol. The molecule has 2 rings (SSSR count). The minimum atomic E-state index is -0.837. The van der Waals surface area contributed by atoms with Gasteiger partial charge in [-0.05, 0) is 27.4 Å². The monoisotopic (exact) mass is 299 g/mol. The molecule has 1 atom stereocenters. The van der Waals surface area contributed by atoms with Crippen LogP contribution >= 0.6 is 11.8 Å². The molecule has 1 saturated heterocycles. The molecule has 0 aromatic carbocycles. The van der Waals surface area contributed by atoms with Gasteiger partial charge in [-0.3, -0.25) is 9.36 Å². The summed E-state index contributed by atoms with van der Waals surface area (Å²) in [6.07, 6.45) is 1.11. The van der Waals surface area contributed by atoms with Crippen molar-refractivity contribution in [1.29, 1.82) is 0 Å². The topological polar surface area (TPSA) is 74.5 Å². The Morgan fingerprint density at radius 2 is 2.25 bits per heavy atom. The van der Waals surface area contributed by atoms with Gasteiger partial charge in [0, 0.05) is 25.7 Å². The third-order valence-corrected chi connectivity index (χ3v) is 4.47.